The molecule has 0 saturated carbocycles. The first-order valence-corrected chi connectivity index (χ1v) is 9.28. The van der Waals surface area contributed by atoms with Crippen LogP contribution in [-0.2, 0) is 9.47 Å². The SMILES string of the molecule is SCCCCCOCOC1CCC[SiH2]NCC1. The monoisotopic (exact) mass is 277 g/mol. The van der Waals surface area contributed by atoms with Crippen molar-refractivity contribution < 1.29 is 9.47 Å². The Hall–Kier alpha value is 0.447. The van der Waals surface area contributed by atoms with E-state index >= 15 is 0 Å². The van der Waals surface area contributed by atoms with Crippen molar-refractivity contribution in [2.75, 3.05) is 25.7 Å². The van der Waals surface area contributed by atoms with Crippen LogP contribution in [0.4, 0.5) is 0 Å². The van der Waals surface area contributed by atoms with Crippen molar-refractivity contribution in [3.63, 3.8) is 0 Å². The van der Waals surface area contributed by atoms with Crippen LogP contribution in [0.25, 0.3) is 0 Å². The van der Waals surface area contributed by atoms with Gasteiger partial charge in [0.2, 0.25) is 0 Å². The summed E-state index contributed by atoms with van der Waals surface area (Å²) in [5.74, 6) is 0.981. The zero-order chi connectivity index (χ0) is 12.2. The molecule has 1 atom stereocenters. The van der Waals surface area contributed by atoms with Gasteiger partial charge < -0.3 is 14.5 Å². The van der Waals surface area contributed by atoms with Crippen molar-refractivity contribution in [3.8, 4) is 0 Å². The van der Waals surface area contributed by atoms with E-state index < -0.39 is 0 Å². The number of unbranched alkanes of at least 4 members (excludes halogenated alkanes) is 2. The molecule has 1 saturated heterocycles. The molecule has 5 heteroatoms. The summed E-state index contributed by atoms with van der Waals surface area (Å²) < 4.78 is 11.3. The minimum Gasteiger partial charge on any atom is -0.355 e. The third-order valence-electron chi connectivity index (χ3n) is 3.11. The number of thiol groups is 1. The lowest BCUT2D eigenvalue weighted by Crippen LogP contribution is -2.28. The van der Waals surface area contributed by atoms with Gasteiger partial charge in [0.15, 0.2) is 0 Å². The Kier molecular flexibility index (Phi) is 10.5. The van der Waals surface area contributed by atoms with Crippen LogP contribution in [0.2, 0.25) is 6.04 Å². The van der Waals surface area contributed by atoms with Gasteiger partial charge in [-0.15, -0.1) is 0 Å². The van der Waals surface area contributed by atoms with Crippen LogP contribution in [0, 0.1) is 0 Å². The Morgan fingerprint density at radius 1 is 1.24 bits per heavy atom. The van der Waals surface area contributed by atoms with Gasteiger partial charge in [0, 0.05) is 6.61 Å². The van der Waals surface area contributed by atoms with E-state index in [0.29, 0.717) is 12.9 Å². The van der Waals surface area contributed by atoms with E-state index in [9.17, 15) is 0 Å². The molecule has 0 amide bonds. The first-order chi connectivity index (χ1) is 8.43. The number of hydrogen-bond donors (Lipinski definition) is 2. The van der Waals surface area contributed by atoms with Gasteiger partial charge in [-0.2, -0.15) is 12.6 Å². The van der Waals surface area contributed by atoms with Crippen LogP contribution < -0.4 is 4.98 Å². The molecule has 0 radical (unpaired) electrons. The normalized spacial score (nSPS) is 23.5. The summed E-state index contributed by atoms with van der Waals surface area (Å²) in [6, 6.07) is 1.41. The number of hydrogen-bond acceptors (Lipinski definition) is 4. The third-order valence-corrected chi connectivity index (χ3v) is 4.98. The molecule has 0 spiro atoms. The number of rotatable bonds is 8. The Balaban J connectivity index is 1.90. The molecular formula is C12H27NO2SSi. The van der Waals surface area contributed by atoms with Crippen LogP contribution in [-0.4, -0.2) is 41.5 Å². The van der Waals surface area contributed by atoms with E-state index in [1.165, 1.54) is 31.7 Å². The molecular weight excluding hydrogens is 250 g/mol. The van der Waals surface area contributed by atoms with Crippen LogP contribution in [0.1, 0.15) is 38.5 Å². The first kappa shape index (κ1) is 15.5. The van der Waals surface area contributed by atoms with Crippen LogP contribution in [0.15, 0.2) is 0 Å². The van der Waals surface area contributed by atoms with Crippen molar-refractivity contribution >= 4 is 22.3 Å². The first-order valence-electron chi connectivity index (χ1n) is 6.94. The van der Waals surface area contributed by atoms with Crippen LogP contribution in [0.5, 0.6) is 0 Å². The minimum atomic E-state index is 0.0502. The van der Waals surface area contributed by atoms with Gasteiger partial charge in [-0.25, -0.2) is 0 Å². The van der Waals surface area contributed by atoms with Gasteiger partial charge >= 0.3 is 0 Å². The maximum Gasteiger partial charge on any atom is 0.147 e. The molecule has 1 unspecified atom stereocenters. The molecule has 0 aromatic carbocycles. The lowest BCUT2D eigenvalue weighted by Gasteiger charge is -2.20. The smallest absolute Gasteiger partial charge is 0.147 e. The Bertz CT molecular complexity index is 167. The summed E-state index contributed by atoms with van der Waals surface area (Å²) in [4.78, 5) is 3.55. The Morgan fingerprint density at radius 3 is 3.06 bits per heavy atom. The highest BCUT2D eigenvalue weighted by Crippen LogP contribution is 2.10. The van der Waals surface area contributed by atoms with Crippen molar-refractivity contribution in [1.82, 2.24) is 4.98 Å². The predicted molar refractivity (Wildman–Crippen MR) is 78.6 cm³/mol. The van der Waals surface area contributed by atoms with Crippen molar-refractivity contribution in [3.05, 3.63) is 0 Å². The molecule has 17 heavy (non-hydrogen) atoms. The second-order valence-electron chi connectivity index (χ2n) is 4.63. The molecule has 1 aliphatic rings. The zero-order valence-corrected chi connectivity index (χ0v) is 13.1. The quantitative estimate of drug-likeness (QED) is 0.306. The Morgan fingerprint density at radius 2 is 2.18 bits per heavy atom. The molecule has 1 rings (SSSR count). The van der Waals surface area contributed by atoms with Gasteiger partial charge in [-0.05, 0) is 44.0 Å². The van der Waals surface area contributed by atoms with Crippen molar-refractivity contribution in [2.24, 2.45) is 0 Å². The van der Waals surface area contributed by atoms with Gasteiger partial charge in [0.05, 0.1) is 15.8 Å². The van der Waals surface area contributed by atoms with E-state index in [1.807, 2.05) is 0 Å². The van der Waals surface area contributed by atoms with E-state index in [2.05, 4.69) is 17.6 Å². The topological polar surface area (TPSA) is 30.5 Å². The van der Waals surface area contributed by atoms with E-state index in [-0.39, 0.29) is 9.68 Å². The van der Waals surface area contributed by atoms with Gasteiger partial charge in [-0.3, -0.25) is 0 Å². The molecule has 1 N–H and O–H groups in total. The molecule has 1 aliphatic heterocycles. The second-order valence-corrected chi connectivity index (χ2v) is 6.79. The fourth-order valence-corrected chi connectivity index (χ4v) is 3.48. The summed E-state index contributed by atoms with van der Waals surface area (Å²) in [5, 5.41) is 0. The highest BCUT2D eigenvalue weighted by Gasteiger charge is 2.10. The summed E-state index contributed by atoms with van der Waals surface area (Å²) in [7, 11) is 0.0502. The molecule has 0 bridgehead atoms. The predicted octanol–water partition coefficient (Wildman–Crippen LogP) is 1.72. The van der Waals surface area contributed by atoms with Gasteiger partial charge in [-0.1, -0.05) is 12.8 Å². The van der Waals surface area contributed by atoms with Crippen molar-refractivity contribution in [1.29, 1.82) is 0 Å². The number of ether oxygens (including phenoxy) is 2. The van der Waals surface area contributed by atoms with Crippen molar-refractivity contribution in [2.45, 2.75) is 50.7 Å². The molecule has 0 aromatic rings. The lowest BCUT2D eigenvalue weighted by molar-refractivity contribution is -0.0939. The molecule has 102 valence electrons. The fraction of sp³-hybridized carbons (Fsp3) is 1.00. The average molecular weight is 278 g/mol. The van der Waals surface area contributed by atoms with E-state index in [0.717, 1.165) is 31.7 Å². The lowest BCUT2D eigenvalue weighted by atomic mass is 10.1. The molecule has 3 nitrogen and oxygen atoms in total. The molecule has 0 aliphatic carbocycles. The highest BCUT2D eigenvalue weighted by atomic mass is 32.1. The average Bonchev–Trinajstić information content (AvgIpc) is 2.30. The molecule has 1 heterocycles. The van der Waals surface area contributed by atoms with E-state index in [4.69, 9.17) is 9.47 Å². The van der Waals surface area contributed by atoms with E-state index in [1.54, 1.807) is 0 Å². The van der Waals surface area contributed by atoms with Crippen LogP contribution in [0.3, 0.4) is 0 Å². The minimum absolute atomic E-state index is 0.0502. The van der Waals surface area contributed by atoms with Gasteiger partial charge in [0.1, 0.15) is 6.79 Å². The maximum atomic E-state index is 5.76. The largest absolute Gasteiger partial charge is 0.355 e. The highest BCUT2D eigenvalue weighted by molar-refractivity contribution is 7.80. The summed E-state index contributed by atoms with van der Waals surface area (Å²) in [6.45, 7) is 2.44. The van der Waals surface area contributed by atoms with Gasteiger partial charge in [0.25, 0.3) is 0 Å². The summed E-state index contributed by atoms with van der Waals surface area (Å²) in [6.07, 6.45) is 7.63. The number of nitrogens with one attached hydrogen (secondary N) is 1. The third kappa shape index (κ3) is 9.08. The standard InChI is InChI=1S/C12H27NO2SSi/c16-9-3-1-2-8-14-11-15-12-5-4-10-17-13-7-6-12/h12-13,16H,1-11,17H2. The fourth-order valence-electron chi connectivity index (χ4n) is 2.02. The molecule has 1 fully saturated rings. The second kappa shape index (κ2) is 11.5. The maximum absolute atomic E-state index is 5.76. The molecule has 0 aromatic heterocycles. The van der Waals surface area contributed by atoms with Crippen LogP contribution >= 0.6 is 12.6 Å². The zero-order valence-electron chi connectivity index (χ0n) is 10.8. The summed E-state index contributed by atoms with van der Waals surface area (Å²) >= 11 is 4.18. The Labute approximate surface area is 113 Å². The summed E-state index contributed by atoms with van der Waals surface area (Å²) in [5.41, 5.74) is 0.